The van der Waals surface area contributed by atoms with E-state index in [9.17, 15) is 10.1 Å². The van der Waals surface area contributed by atoms with Gasteiger partial charge in [-0.3, -0.25) is 14.8 Å². The summed E-state index contributed by atoms with van der Waals surface area (Å²) in [4.78, 5) is 13.0. The van der Waals surface area contributed by atoms with E-state index in [2.05, 4.69) is 10.2 Å². The first-order chi connectivity index (χ1) is 9.97. The zero-order valence-corrected chi connectivity index (χ0v) is 12.8. The third-order valence-corrected chi connectivity index (χ3v) is 3.39. The van der Waals surface area contributed by atoms with Crippen molar-refractivity contribution in [2.24, 2.45) is 14.1 Å². The molecule has 0 bridgehead atoms. The summed E-state index contributed by atoms with van der Waals surface area (Å²) >= 11 is 0. The molecular weight excluding hydrogens is 272 g/mol. The molecule has 0 saturated carbocycles. The monoisotopic (exact) mass is 292 g/mol. The molecule has 2 rings (SSSR count). The van der Waals surface area contributed by atoms with Crippen LogP contribution < -0.4 is 4.90 Å². The smallest absolute Gasteiger partial charge is 0.334 e. The Bertz CT molecular complexity index is 645. The second kappa shape index (κ2) is 5.94. The molecule has 21 heavy (non-hydrogen) atoms. The summed E-state index contributed by atoms with van der Waals surface area (Å²) in [5.41, 5.74) is 1.63. The van der Waals surface area contributed by atoms with Gasteiger partial charge >= 0.3 is 5.69 Å². The van der Waals surface area contributed by atoms with Crippen LogP contribution in [0, 0.1) is 10.1 Å². The number of anilines is 1. The molecule has 8 nitrogen and oxygen atoms in total. The van der Waals surface area contributed by atoms with Gasteiger partial charge in [-0.2, -0.15) is 10.2 Å². The molecule has 0 amide bonds. The second-order valence-electron chi connectivity index (χ2n) is 4.89. The Kier molecular flexibility index (Phi) is 4.25. The molecule has 0 aliphatic carbocycles. The lowest BCUT2D eigenvalue weighted by Gasteiger charge is -2.21. The zero-order chi connectivity index (χ0) is 15.6. The molecule has 114 valence electrons. The molecule has 0 N–H and O–H groups in total. The van der Waals surface area contributed by atoms with Crippen molar-refractivity contribution < 1.29 is 4.92 Å². The Morgan fingerprint density at radius 1 is 1.38 bits per heavy atom. The van der Waals surface area contributed by atoms with E-state index < -0.39 is 0 Å². The van der Waals surface area contributed by atoms with Crippen LogP contribution in [0.2, 0.25) is 0 Å². The number of aryl methyl sites for hydroxylation is 3. The minimum Gasteiger partial charge on any atom is -0.347 e. The van der Waals surface area contributed by atoms with Crippen molar-refractivity contribution in [3.63, 3.8) is 0 Å². The van der Waals surface area contributed by atoms with Gasteiger partial charge in [0.2, 0.25) is 5.82 Å². The first-order valence-electron chi connectivity index (χ1n) is 6.90. The molecular formula is C13H20N6O2. The van der Waals surface area contributed by atoms with Gasteiger partial charge in [-0.1, -0.05) is 6.92 Å². The average Bonchev–Trinajstić information content (AvgIpc) is 2.99. The van der Waals surface area contributed by atoms with E-state index in [0.29, 0.717) is 31.0 Å². The summed E-state index contributed by atoms with van der Waals surface area (Å²) in [7, 11) is 3.59. The molecule has 0 unspecified atom stereocenters. The molecule has 0 fully saturated rings. The van der Waals surface area contributed by atoms with Gasteiger partial charge in [-0.05, 0) is 13.3 Å². The molecule has 0 aliphatic rings. The fourth-order valence-corrected chi connectivity index (χ4v) is 2.45. The van der Waals surface area contributed by atoms with Crippen molar-refractivity contribution in [1.82, 2.24) is 19.6 Å². The van der Waals surface area contributed by atoms with Gasteiger partial charge in [-0.15, -0.1) is 0 Å². The number of nitrogens with zero attached hydrogens (tertiary/aromatic N) is 6. The molecule has 0 aromatic carbocycles. The molecule has 2 aromatic rings. The number of nitro groups is 1. The third kappa shape index (κ3) is 2.88. The summed E-state index contributed by atoms with van der Waals surface area (Å²) in [6.45, 7) is 5.06. The Morgan fingerprint density at radius 2 is 2.10 bits per heavy atom. The average molecular weight is 292 g/mol. The number of hydrogen-bond acceptors (Lipinski definition) is 5. The van der Waals surface area contributed by atoms with Crippen LogP contribution in [0.5, 0.6) is 0 Å². The SMILES string of the molecule is CCc1nn(C)c(N(CC)Cc2cnn(C)c2)c1[N+](=O)[O-]. The Balaban J connectivity index is 2.41. The van der Waals surface area contributed by atoms with E-state index >= 15 is 0 Å². The van der Waals surface area contributed by atoms with Crippen LogP contribution in [0.15, 0.2) is 12.4 Å². The molecule has 0 atom stereocenters. The lowest BCUT2D eigenvalue weighted by Crippen LogP contribution is -2.25. The van der Waals surface area contributed by atoms with Gasteiger partial charge in [0, 0.05) is 38.9 Å². The first-order valence-corrected chi connectivity index (χ1v) is 6.90. The van der Waals surface area contributed by atoms with Crippen molar-refractivity contribution in [2.75, 3.05) is 11.4 Å². The highest BCUT2D eigenvalue weighted by Crippen LogP contribution is 2.32. The van der Waals surface area contributed by atoms with Gasteiger partial charge in [0.1, 0.15) is 5.69 Å². The van der Waals surface area contributed by atoms with E-state index in [-0.39, 0.29) is 10.6 Å². The highest BCUT2D eigenvalue weighted by molar-refractivity contribution is 5.61. The normalized spacial score (nSPS) is 10.9. The fourth-order valence-electron chi connectivity index (χ4n) is 2.45. The molecule has 2 aromatic heterocycles. The lowest BCUT2D eigenvalue weighted by atomic mass is 10.2. The summed E-state index contributed by atoms with van der Waals surface area (Å²) < 4.78 is 3.31. The van der Waals surface area contributed by atoms with E-state index in [1.807, 2.05) is 32.0 Å². The van der Waals surface area contributed by atoms with E-state index in [0.717, 1.165) is 5.56 Å². The maximum atomic E-state index is 11.4. The molecule has 0 radical (unpaired) electrons. The predicted octanol–water partition coefficient (Wildman–Crippen LogP) is 1.65. The number of aromatic nitrogens is 4. The standard InChI is InChI=1S/C13H20N6O2/c1-5-11-12(19(20)21)13(17(4)15-11)18(6-2)9-10-7-14-16(3)8-10/h7-8H,5-6,9H2,1-4H3. The fraction of sp³-hybridized carbons (Fsp3) is 0.538. The number of rotatable bonds is 6. The van der Waals surface area contributed by atoms with Crippen LogP contribution in [0.25, 0.3) is 0 Å². The van der Waals surface area contributed by atoms with Crippen molar-refractivity contribution in [3.8, 4) is 0 Å². The topological polar surface area (TPSA) is 82.0 Å². The van der Waals surface area contributed by atoms with E-state index in [4.69, 9.17) is 0 Å². The molecule has 0 spiro atoms. The minimum absolute atomic E-state index is 0.103. The molecule has 8 heteroatoms. The number of hydrogen-bond donors (Lipinski definition) is 0. The van der Waals surface area contributed by atoms with Crippen molar-refractivity contribution in [2.45, 2.75) is 26.8 Å². The first kappa shape index (κ1) is 15.0. The molecule has 2 heterocycles. The van der Waals surface area contributed by atoms with Crippen LogP contribution in [0.4, 0.5) is 11.5 Å². The van der Waals surface area contributed by atoms with Crippen molar-refractivity contribution in [1.29, 1.82) is 0 Å². The van der Waals surface area contributed by atoms with Crippen LogP contribution in [0.1, 0.15) is 25.1 Å². The summed E-state index contributed by atoms with van der Waals surface area (Å²) in [5, 5.41) is 19.8. The third-order valence-electron chi connectivity index (χ3n) is 3.39. The molecule has 0 saturated heterocycles. The molecule has 0 aliphatic heterocycles. The Morgan fingerprint density at radius 3 is 2.57 bits per heavy atom. The largest absolute Gasteiger partial charge is 0.347 e. The van der Waals surface area contributed by atoms with Gasteiger partial charge < -0.3 is 4.90 Å². The Hall–Kier alpha value is -2.38. The summed E-state index contributed by atoms with van der Waals surface area (Å²) in [5.74, 6) is 0.545. The maximum Gasteiger partial charge on any atom is 0.334 e. The van der Waals surface area contributed by atoms with E-state index in [1.54, 1.807) is 22.6 Å². The second-order valence-corrected chi connectivity index (χ2v) is 4.89. The van der Waals surface area contributed by atoms with Gasteiger partial charge in [0.05, 0.1) is 11.1 Å². The predicted molar refractivity (Wildman–Crippen MR) is 79.2 cm³/mol. The van der Waals surface area contributed by atoms with Gasteiger partial charge in [0.15, 0.2) is 0 Å². The quantitative estimate of drug-likeness (QED) is 0.597. The minimum atomic E-state index is -0.340. The van der Waals surface area contributed by atoms with Gasteiger partial charge in [-0.25, -0.2) is 4.68 Å². The van der Waals surface area contributed by atoms with Crippen LogP contribution >= 0.6 is 0 Å². The summed E-state index contributed by atoms with van der Waals surface area (Å²) in [6, 6.07) is 0. The highest BCUT2D eigenvalue weighted by Gasteiger charge is 2.29. The van der Waals surface area contributed by atoms with Crippen molar-refractivity contribution >= 4 is 11.5 Å². The maximum absolute atomic E-state index is 11.4. The zero-order valence-electron chi connectivity index (χ0n) is 12.8. The lowest BCUT2D eigenvalue weighted by molar-refractivity contribution is -0.384. The van der Waals surface area contributed by atoms with Gasteiger partial charge in [0.25, 0.3) is 0 Å². The van der Waals surface area contributed by atoms with Crippen LogP contribution in [0.3, 0.4) is 0 Å². The summed E-state index contributed by atoms with van der Waals surface area (Å²) in [6.07, 6.45) is 4.21. The van der Waals surface area contributed by atoms with Crippen LogP contribution in [-0.4, -0.2) is 31.0 Å². The van der Waals surface area contributed by atoms with Crippen molar-refractivity contribution in [3.05, 3.63) is 33.8 Å². The van der Waals surface area contributed by atoms with Crippen LogP contribution in [-0.2, 0) is 27.1 Å². The van der Waals surface area contributed by atoms with E-state index in [1.165, 1.54) is 0 Å². The Labute approximate surface area is 123 Å². The highest BCUT2D eigenvalue weighted by atomic mass is 16.6.